The molecule has 0 aromatic rings. The van der Waals surface area contributed by atoms with Gasteiger partial charge in [-0.2, -0.15) is 0 Å². The van der Waals surface area contributed by atoms with Gasteiger partial charge in [0, 0.05) is 0 Å². The van der Waals surface area contributed by atoms with Crippen molar-refractivity contribution in [1.29, 1.82) is 0 Å². The zero-order valence-corrected chi connectivity index (χ0v) is 6.71. The standard InChI is InChI=1S/C8H16O2/c1-6(2)10-8(5-9)7-3-4-7/h6-9H,3-5H2,1-2H3. The number of ether oxygens (including phenoxy) is 1. The average molecular weight is 144 g/mol. The van der Waals surface area contributed by atoms with Crippen LogP contribution in [0, 0.1) is 5.92 Å². The first-order valence-electron chi connectivity index (χ1n) is 4.00. The molecule has 60 valence electrons. The molecule has 0 bridgehead atoms. The van der Waals surface area contributed by atoms with Crippen LogP contribution in [0.3, 0.4) is 0 Å². The molecule has 0 aromatic carbocycles. The number of rotatable bonds is 4. The largest absolute Gasteiger partial charge is 0.394 e. The molecule has 0 heterocycles. The van der Waals surface area contributed by atoms with Crippen LogP contribution in [0.15, 0.2) is 0 Å². The SMILES string of the molecule is CC(C)OC(CO)C1CC1. The molecule has 0 spiro atoms. The van der Waals surface area contributed by atoms with Gasteiger partial charge in [-0.1, -0.05) is 0 Å². The average Bonchev–Trinajstić information content (AvgIpc) is 2.63. The van der Waals surface area contributed by atoms with Crippen LogP contribution in [0.5, 0.6) is 0 Å². The van der Waals surface area contributed by atoms with Gasteiger partial charge in [0.25, 0.3) is 0 Å². The fourth-order valence-corrected chi connectivity index (χ4v) is 1.12. The van der Waals surface area contributed by atoms with Gasteiger partial charge in [0.15, 0.2) is 0 Å². The zero-order valence-electron chi connectivity index (χ0n) is 6.71. The third kappa shape index (κ3) is 2.27. The van der Waals surface area contributed by atoms with Gasteiger partial charge in [-0.05, 0) is 32.6 Å². The number of hydrogen-bond acceptors (Lipinski definition) is 2. The summed E-state index contributed by atoms with van der Waals surface area (Å²) in [5.41, 5.74) is 0. The lowest BCUT2D eigenvalue weighted by Gasteiger charge is -2.16. The maximum atomic E-state index is 8.86. The van der Waals surface area contributed by atoms with Crippen molar-refractivity contribution in [2.75, 3.05) is 6.61 Å². The Morgan fingerprint density at radius 3 is 2.40 bits per heavy atom. The lowest BCUT2D eigenvalue weighted by molar-refractivity contribution is -0.0346. The molecule has 1 aliphatic rings. The molecule has 1 fully saturated rings. The van der Waals surface area contributed by atoms with E-state index in [2.05, 4.69) is 0 Å². The molecule has 1 rings (SSSR count). The van der Waals surface area contributed by atoms with E-state index < -0.39 is 0 Å². The Morgan fingerprint density at radius 1 is 1.50 bits per heavy atom. The lowest BCUT2D eigenvalue weighted by Crippen LogP contribution is -2.23. The van der Waals surface area contributed by atoms with E-state index in [0.29, 0.717) is 5.92 Å². The highest BCUT2D eigenvalue weighted by Gasteiger charge is 2.31. The van der Waals surface area contributed by atoms with Crippen molar-refractivity contribution in [3.8, 4) is 0 Å². The van der Waals surface area contributed by atoms with Crippen molar-refractivity contribution < 1.29 is 9.84 Å². The van der Waals surface area contributed by atoms with Gasteiger partial charge in [-0.15, -0.1) is 0 Å². The molecular formula is C8H16O2. The zero-order chi connectivity index (χ0) is 7.56. The molecule has 2 nitrogen and oxygen atoms in total. The summed E-state index contributed by atoms with van der Waals surface area (Å²) in [4.78, 5) is 0. The predicted molar refractivity (Wildman–Crippen MR) is 39.8 cm³/mol. The topological polar surface area (TPSA) is 29.5 Å². The molecule has 1 aliphatic carbocycles. The summed E-state index contributed by atoms with van der Waals surface area (Å²) >= 11 is 0. The fourth-order valence-electron chi connectivity index (χ4n) is 1.12. The summed E-state index contributed by atoms with van der Waals surface area (Å²) in [6.07, 6.45) is 2.83. The van der Waals surface area contributed by atoms with E-state index in [1.54, 1.807) is 0 Å². The smallest absolute Gasteiger partial charge is 0.0837 e. The minimum atomic E-state index is 0.111. The first-order valence-corrected chi connectivity index (χ1v) is 4.00. The molecule has 1 atom stereocenters. The second kappa shape index (κ2) is 3.35. The number of hydrogen-bond donors (Lipinski definition) is 1. The normalized spacial score (nSPS) is 21.6. The van der Waals surface area contributed by atoms with Gasteiger partial charge in [-0.3, -0.25) is 0 Å². The van der Waals surface area contributed by atoms with E-state index in [-0.39, 0.29) is 18.8 Å². The minimum Gasteiger partial charge on any atom is -0.394 e. The van der Waals surface area contributed by atoms with Crippen LogP contribution >= 0.6 is 0 Å². The van der Waals surface area contributed by atoms with Crippen LogP contribution in [0.1, 0.15) is 26.7 Å². The number of aliphatic hydroxyl groups is 1. The van der Waals surface area contributed by atoms with Crippen LogP contribution < -0.4 is 0 Å². The first kappa shape index (κ1) is 8.02. The quantitative estimate of drug-likeness (QED) is 0.642. The number of aliphatic hydroxyl groups excluding tert-OH is 1. The molecule has 0 amide bonds. The van der Waals surface area contributed by atoms with E-state index in [4.69, 9.17) is 9.84 Å². The van der Waals surface area contributed by atoms with Gasteiger partial charge in [0.1, 0.15) is 0 Å². The van der Waals surface area contributed by atoms with Crippen molar-refractivity contribution in [3.05, 3.63) is 0 Å². The summed E-state index contributed by atoms with van der Waals surface area (Å²) in [5, 5.41) is 8.86. The molecule has 10 heavy (non-hydrogen) atoms. The molecule has 2 heteroatoms. The molecule has 0 aliphatic heterocycles. The van der Waals surface area contributed by atoms with Crippen LogP contribution in [0.2, 0.25) is 0 Å². The Bertz CT molecular complexity index is 97.4. The molecular weight excluding hydrogens is 128 g/mol. The Labute approximate surface area is 62.2 Å². The summed E-state index contributed by atoms with van der Waals surface area (Å²) < 4.78 is 5.47. The van der Waals surface area contributed by atoms with E-state index in [1.807, 2.05) is 13.8 Å². The second-order valence-corrected chi connectivity index (χ2v) is 3.24. The molecule has 0 saturated heterocycles. The second-order valence-electron chi connectivity index (χ2n) is 3.24. The van der Waals surface area contributed by atoms with Crippen LogP contribution in [-0.4, -0.2) is 23.9 Å². The predicted octanol–water partition coefficient (Wildman–Crippen LogP) is 1.18. The first-order chi connectivity index (χ1) is 4.74. The van der Waals surface area contributed by atoms with E-state index >= 15 is 0 Å². The molecule has 1 N–H and O–H groups in total. The van der Waals surface area contributed by atoms with Crippen LogP contribution in [0.4, 0.5) is 0 Å². The van der Waals surface area contributed by atoms with Crippen molar-refractivity contribution >= 4 is 0 Å². The Balaban J connectivity index is 2.19. The highest BCUT2D eigenvalue weighted by atomic mass is 16.5. The minimum absolute atomic E-state index is 0.111. The molecule has 1 unspecified atom stereocenters. The molecule has 1 saturated carbocycles. The lowest BCUT2D eigenvalue weighted by atomic mass is 10.2. The Hall–Kier alpha value is -0.0800. The van der Waals surface area contributed by atoms with Gasteiger partial charge >= 0.3 is 0 Å². The third-order valence-electron chi connectivity index (χ3n) is 1.77. The van der Waals surface area contributed by atoms with E-state index in [9.17, 15) is 0 Å². The van der Waals surface area contributed by atoms with Crippen LogP contribution in [0.25, 0.3) is 0 Å². The van der Waals surface area contributed by atoms with Gasteiger partial charge in [-0.25, -0.2) is 0 Å². The Kier molecular flexibility index (Phi) is 2.69. The summed E-state index contributed by atoms with van der Waals surface area (Å²) in [6, 6.07) is 0. The van der Waals surface area contributed by atoms with Crippen molar-refractivity contribution in [2.45, 2.75) is 38.9 Å². The van der Waals surface area contributed by atoms with Crippen molar-refractivity contribution in [2.24, 2.45) is 5.92 Å². The molecule has 0 radical (unpaired) electrons. The summed E-state index contributed by atoms with van der Waals surface area (Å²) in [5.74, 6) is 0.646. The third-order valence-corrected chi connectivity index (χ3v) is 1.77. The summed E-state index contributed by atoms with van der Waals surface area (Å²) in [6.45, 7) is 4.19. The Morgan fingerprint density at radius 2 is 2.10 bits per heavy atom. The summed E-state index contributed by atoms with van der Waals surface area (Å²) in [7, 11) is 0. The van der Waals surface area contributed by atoms with E-state index in [0.717, 1.165) is 0 Å². The highest BCUT2D eigenvalue weighted by molar-refractivity contribution is 4.81. The fraction of sp³-hybridized carbons (Fsp3) is 1.00. The highest BCUT2D eigenvalue weighted by Crippen LogP contribution is 2.34. The monoisotopic (exact) mass is 144 g/mol. The maximum Gasteiger partial charge on any atom is 0.0837 e. The van der Waals surface area contributed by atoms with E-state index in [1.165, 1.54) is 12.8 Å². The van der Waals surface area contributed by atoms with Crippen molar-refractivity contribution in [3.63, 3.8) is 0 Å². The maximum absolute atomic E-state index is 8.86. The van der Waals surface area contributed by atoms with Crippen LogP contribution in [-0.2, 0) is 4.74 Å². The van der Waals surface area contributed by atoms with Gasteiger partial charge in [0.05, 0.1) is 18.8 Å². The molecule has 0 aromatic heterocycles. The van der Waals surface area contributed by atoms with Gasteiger partial charge in [0.2, 0.25) is 0 Å². The van der Waals surface area contributed by atoms with Gasteiger partial charge < -0.3 is 9.84 Å². The van der Waals surface area contributed by atoms with Crippen molar-refractivity contribution in [1.82, 2.24) is 0 Å².